The van der Waals surface area contributed by atoms with Gasteiger partial charge in [0.25, 0.3) is 11.6 Å². The molecule has 3 aromatic rings. The highest BCUT2D eigenvalue weighted by Crippen LogP contribution is 2.26. The third-order valence-corrected chi connectivity index (χ3v) is 5.11. The highest BCUT2D eigenvalue weighted by atomic mass is 16.6. The number of rotatable bonds is 6. The second-order valence-corrected chi connectivity index (χ2v) is 7.10. The fourth-order valence-electron chi connectivity index (χ4n) is 3.55. The van der Waals surface area contributed by atoms with Gasteiger partial charge in [-0.2, -0.15) is 5.10 Å². The summed E-state index contributed by atoms with van der Waals surface area (Å²) in [5.41, 5.74) is 9.39. The van der Waals surface area contributed by atoms with Gasteiger partial charge in [0.1, 0.15) is 0 Å². The quantitative estimate of drug-likeness (QED) is 0.369. The van der Waals surface area contributed by atoms with E-state index in [1.807, 2.05) is 19.9 Å². The van der Waals surface area contributed by atoms with Crippen LogP contribution in [0.15, 0.2) is 53.6 Å². The number of nitro groups is 1. The maximum absolute atomic E-state index is 12.2. The zero-order valence-corrected chi connectivity index (χ0v) is 17.5. The van der Waals surface area contributed by atoms with Crippen molar-refractivity contribution in [2.75, 3.05) is 0 Å². The number of aryl methyl sites for hydroxylation is 3. The van der Waals surface area contributed by atoms with Crippen molar-refractivity contribution < 1.29 is 9.72 Å². The van der Waals surface area contributed by atoms with Crippen LogP contribution in [-0.2, 0) is 6.42 Å². The Morgan fingerprint density at radius 3 is 2.50 bits per heavy atom. The highest BCUT2D eigenvalue weighted by molar-refractivity contribution is 5.95. The Morgan fingerprint density at radius 2 is 1.87 bits per heavy atom. The van der Waals surface area contributed by atoms with E-state index in [-0.39, 0.29) is 5.69 Å². The number of carbonyl (C=O) groups is 1. The van der Waals surface area contributed by atoms with Gasteiger partial charge in [-0.15, -0.1) is 0 Å². The van der Waals surface area contributed by atoms with Gasteiger partial charge in [0.2, 0.25) is 0 Å². The van der Waals surface area contributed by atoms with Gasteiger partial charge in [0.05, 0.1) is 16.8 Å². The fourth-order valence-corrected chi connectivity index (χ4v) is 3.55. The van der Waals surface area contributed by atoms with E-state index in [2.05, 4.69) is 47.1 Å². The summed E-state index contributed by atoms with van der Waals surface area (Å²) in [7, 11) is 0. The Morgan fingerprint density at radius 1 is 1.17 bits per heavy atom. The smallest absolute Gasteiger partial charge is 0.271 e. The number of amides is 1. The lowest BCUT2D eigenvalue weighted by atomic mass is 10.1. The van der Waals surface area contributed by atoms with Gasteiger partial charge in [-0.1, -0.05) is 25.1 Å². The second-order valence-electron chi connectivity index (χ2n) is 7.10. The van der Waals surface area contributed by atoms with E-state index in [0.717, 1.165) is 23.4 Å². The molecule has 0 fully saturated rings. The van der Waals surface area contributed by atoms with Crippen LogP contribution in [-0.4, -0.2) is 21.6 Å². The summed E-state index contributed by atoms with van der Waals surface area (Å²) in [6, 6.07) is 13.7. The van der Waals surface area contributed by atoms with Crippen molar-refractivity contribution in [3.63, 3.8) is 0 Å². The summed E-state index contributed by atoms with van der Waals surface area (Å²) >= 11 is 0. The molecule has 154 valence electrons. The van der Waals surface area contributed by atoms with E-state index in [9.17, 15) is 14.9 Å². The number of hydrogen-bond acceptors (Lipinski definition) is 4. The van der Waals surface area contributed by atoms with Crippen molar-refractivity contribution in [2.24, 2.45) is 5.10 Å². The van der Waals surface area contributed by atoms with E-state index >= 15 is 0 Å². The number of nitrogens with one attached hydrogen (secondary N) is 1. The molecule has 7 nitrogen and oxygen atoms in total. The topological polar surface area (TPSA) is 89.5 Å². The standard InChI is InChI=1S/C23H24N4O3/c1-5-18-8-6-7-15(2)22(18)26-16(3)13-20(17(26)4)14-24-25-23(28)19-9-11-21(12-10-19)27(29)30/h6-14H,5H2,1-4H3,(H,25,28)/b24-14+. The summed E-state index contributed by atoms with van der Waals surface area (Å²) in [5, 5.41) is 14.8. The van der Waals surface area contributed by atoms with Crippen LogP contribution in [0.2, 0.25) is 0 Å². The number of para-hydroxylation sites is 1. The molecule has 0 aliphatic heterocycles. The van der Waals surface area contributed by atoms with Crippen molar-refractivity contribution in [1.82, 2.24) is 9.99 Å². The SMILES string of the molecule is CCc1cccc(C)c1-n1c(C)cc(/C=N/NC(=O)c2ccc([N+](=O)[O-])cc2)c1C. The first-order valence-electron chi connectivity index (χ1n) is 9.69. The minimum atomic E-state index is -0.506. The molecule has 30 heavy (non-hydrogen) atoms. The van der Waals surface area contributed by atoms with E-state index in [1.54, 1.807) is 6.21 Å². The lowest BCUT2D eigenvalue weighted by Crippen LogP contribution is -2.17. The van der Waals surface area contributed by atoms with Crippen LogP contribution in [0.3, 0.4) is 0 Å². The average molecular weight is 404 g/mol. The van der Waals surface area contributed by atoms with Gasteiger partial charge in [0, 0.05) is 34.6 Å². The molecule has 1 amide bonds. The van der Waals surface area contributed by atoms with Gasteiger partial charge < -0.3 is 4.57 Å². The van der Waals surface area contributed by atoms with Crippen LogP contribution in [0.1, 0.15) is 45.4 Å². The first-order valence-corrected chi connectivity index (χ1v) is 9.69. The number of hydrazone groups is 1. The molecule has 0 spiro atoms. The summed E-state index contributed by atoms with van der Waals surface area (Å²) in [5.74, 6) is -0.429. The first kappa shape index (κ1) is 21.0. The number of nitrogens with zero attached hydrogens (tertiary/aromatic N) is 3. The van der Waals surface area contributed by atoms with Crippen LogP contribution in [0.25, 0.3) is 5.69 Å². The predicted octanol–water partition coefficient (Wildman–Crippen LogP) is 4.64. The van der Waals surface area contributed by atoms with Crippen LogP contribution in [0.5, 0.6) is 0 Å². The number of benzene rings is 2. The molecule has 7 heteroatoms. The maximum Gasteiger partial charge on any atom is 0.271 e. The van der Waals surface area contributed by atoms with Crippen molar-refractivity contribution in [1.29, 1.82) is 0 Å². The zero-order chi connectivity index (χ0) is 21.8. The van der Waals surface area contributed by atoms with E-state index in [0.29, 0.717) is 5.56 Å². The molecule has 0 bridgehead atoms. The molecule has 0 saturated carbocycles. The van der Waals surface area contributed by atoms with Crippen LogP contribution < -0.4 is 5.43 Å². The average Bonchev–Trinajstić information content (AvgIpc) is 3.01. The van der Waals surface area contributed by atoms with E-state index in [1.165, 1.54) is 41.1 Å². The van der Waals surface area contributed by atoms with Gasteiger partial charge >= 0.3 is 0 Å². The molecule has 0 atom stereocenters. The Bertz CT molecular complexity index is 1130. The largest absolute Gasteiger partial charge is 0.317 e. The predicted molar refractivity (Wildman–Crippen MR) is 118 cm³/mol. The molecule has 0 saturated heterocycles. The lowest BCUT2D eigenvalue weighted by molar-refractivity contribution is -0.384. The van der Waals surface area contributed by atoms with Crippen LogP contribution in [0.4, 0.5) is 5.69 Å². The molecule has 2 aromatic carbocycles. The Hall–Kier alpha value is -3.74. The highest BCUT2D eigenvalue weighted by Gasteiger charge is 2.14. The third-order valence-electron chi connectivity index (χ3n) is 5.11. The monoisotopic (exact) mass is 404 g/mol. The van der Waals surface area contributed by atoms with Crippen LogP contribution >= 0.6 is 0 Å². The molecule has 1 N–H and O–H groups in total. The number of non-ortho nitro benzene ring substituents is 1. The summed E-state index contributed by atoms with van der Waals surface area (Å²) in [6.45, 7) is 8.32. The molecule has 1 aromatic heterocycles. The lowest BCUT2D eigenvalue weighted by Gasteiger charge is -2.17. The number of nitro benzene ring substituents is 1. The summed E-state index contributed by atoms with van der Waals surface area (Å²) < 4.78 is 2.22. The Balaban J connectivity index is 1.82. The molecular weight excluding hydrogens is 380 g/mol. The van der Waals surface area contributed by atoms with Crippen molar-refractivity contribution >= 4 is 17.8 Å². The summed E-state index contributed by atoms with van der Waals surface area (Å²) in [4.78, 5) is 22.4. The number of aromatic nitrogens is 1. The number of carbonyl (C=O) groups excluding carboxylic acids is 1. The zero-order valence-electron chi connectivity index (χ0n) is 17.5. The van der Waals surface area contributed by atoms with Crippen molar-refractivity contribution in [2.45, 2.75) is 34.1 Å². The number of hydrogen-bond donors (Lipinski definition) is 1. The molecule has 0 radical (unpaired) electrons. The van der Waals surface area contributed by atoms with Gasteiger partial charge in [-0.3, -0.25) is 14.9 Å². The molecular formula is C23H24N4O3. The second kappa shape index (κ2) is 8.73. The molecule has 0 aliphatic rings. The Labute approximate surface area is 175 Å². The van der Waals surface area contributed by atoms with Crippen LogP contribution in [0, 0.1) is 30.9 Å². The fraction of sp³-hybridized carbons (Fsp3) is 0.217. The minimum Gasteiger partial charge on any atom is -0.317 e. The van der Waals surface area contributed by atoms with Gasteiger partial charge in [0.15, 0.2) is 0 Å². The maximum atomic E-state index is 12.2. The van der Waals surface area contributed by atoms with Gasteiger partial charge in [-0.05, 0) is 56.5 Å². The molecule has 3 rings (SSSR count). The minimum absolute atomic E-state index is 0.0647. The molecule has 1 heterocycles. The third kappa shape index (κ3) is 4.15. The van der Waals surface area contributed by atoms with E-state index in [4.69, 9.17) is 0 Å². The molecule has 0 unspecified atom stereocenters. The first-order chi connectivity index (χ1) is 14.3. The molecule has 0 aliphatic carbocycles. The summed E-state index contributed by atoms with van der Waals surface area (Å²) in [6.07, 6.45) is 2.55. The Kier molecular flexibility index (Phi) is 6.11. The van der Waals surface area contributed by atoms with E-state index < -0.39 is 10.8 Å². The van der Waals surface area contributed by atoms with Crippen molar-refractivity contribution in [3.8, 4) is 5.69 Å². The normalized spacial score (nSPS) is 11.1. The van der Waals surface area contributed by atoms with Gasteiger partial charge in [-0.25, -0.2) is 5.43 Å². The van der Waals surface area contributed by atoms with Crippen molar-refractivity contribution in [3.05, 3.63) is 92.3 Å².